The monoisotopic (exact) mass is 519 g/mol. The van der Waals surface area contributed by atoms with Gasteiger partial charge in [0.25, 0.3) is 0 Å². The molecule has 1 aromatic heterocycles. The number of nitrogens with zero attached hydrogens (tertiary/aromatic N) is 1. The maximum Gasteiger partial charge on any atom is 0.214 e. The second-order valence-corrected chi connectivity index (χ2v) is 8.63. The van der Waals surface area contributed by atoms with E-state index in [2.05, 4.69) is 14.7 Å². The molecule has 190 valence electrons. The molecule has 0 radical (unpaired) electrons. The van der Waals surface area contributed by atoms with Crippen molar-refractivity contribution in [3.8, 4) is 17.2 Å². The molecule has 0 aliphatic rings. The van der Waals surface area contributed by atoms with Crippen LogP contribution < -0.4 is 25.7 Å². The van der Waals surface area contributed by atoms with Crippen molar-refractivity contribution < 1.29 is 18.7 Å². The molecule has 1 heterocycles. The molecule has 0 aliphatic heterocycles. The summed E-state index contributed by atoms with van der Waals surface area (Å²) in [5.41, 5.74) is 15.1. The molecule has 0 amide bonds. The smallest absolute Gasteiger partial charge is 0.214 e. The van der Waals surface area contributed by atoms with E-state index >= 15 is 0 Å². The highest BCUT2D eigenvalue weighted by atomic mass is 32.2. The Morgan fingerprint density at radius 2 is 1.92 bits per heavy atom. The summed E-state index contributed by atoms with van der Waals surface area (Å²) in [6, 6.07) is 16.6. The maximum atomic E-state index is 13.9. The van der Waals surface area contributed by atoms with Crippen LogP contribution in [0.4, 0.5) is 15.8 Å². The number of ether oxygens (including phenoxy) is 2. The second kappa shape index (κ2) is 11.1. The number of aryl methyl sites for hydroxylation is 1. The Balaban J connectivity index is 1.58. The predicted molar refractivity (Wildman–Crippen MR) is 148 cm³/mol. The number of fused-ring (bicyclic) bond motifs is 1. The van der Waals surface area contributed by atoms with Gasteiger partial charge in [-0.3, -0.25) is 4.79 Å². The van der Waals surface area contributed by atoms with E-state index in [1.807, 2.05) is 18.4 Å². The highest BCUT2D eigenvalue weighted by Crippen LogP contribution is 2.33. The van der Waals surface area contributed by atoms with Gasteiger partial charge in [-0.15, -0.1) is 0 Å². The van der Waals surface area contributed by atoms with Crippen LogP contribution in [0.3, 0.4) is 0 Å². The SMILES string of the molecule is COc1cc2cc(C(=O)C(=CN)C(N)=Nc3ccc(Oc4ccccc4F)cc3C)[nH]c2cc1NSC. The van der Waals surface area contributed by atoms with Gasteiger partial charge < -0.3 is 30.6 Å². The number of halogens is 1. The summed E-state index contributed by atoms with van der Waals surface area (Å²) in [4.78, 5) is 20.8. The summed E-state index contributed by atoms with van der Waals surface area (Å²) in [5.74, 6) is 0.289. The Labute approximate surface area is 217 Å². The van der Waals surface area contributed by atoms with Crippen molar-refractivity contribution in [1.29, 1.82) is 0 Å². The predicted octanol–water partition coefficient (Wildman–Crippen LogP) is 5.82. The standard InChI is InChI=1S/C27H26FN5O3S/c1-15-10-17(36-24-7-5-4-6-19(24)28)8-9-20(15)32-27(30)18(14-29)26(34)23-11-16-12-25(35-2)22(33-37-3)13-21(16)31-23/h4-14,31,33H,29H2,1-3H3,(H2,30,32). The van der Waals surface area contributed by atoms with Crippen LogP contribution in [-0.2, 0) is 0 Å². The van der Waals surface area contributed by atoms with Gasteiger partial charge in [0.1, 0.15) is 17.3 Å². The normalized spacial score (nSPS) is 12.0. The van der Waals surface area contributed by atoms with Crippen molar-refractivity contribution in [1.82, 2.24) is 4.98 Å². The number of benzene rings is 3. The first-order chi connectivity index (χ1) is 17.8. The molecule has 4 aromatic rings. The lowest BCUT2D eigenvalue weighted by atomic mass is 10.1. The Hall–Kier alpha value is -4.44. The highest BCUT2D eigenvalue weighted by Gasteiger charge is 2.19. The lowest BCUT2D eigenvalue weighted by Gasteiger charge is -2.10. The topological polar surface area (TPSA) is 128 Å². The Morgan fingerprint density at radius 3 is 2.59 bits per heavy atom. The number of para-hydroxylation sites is 1. The molecule has 0 bridgehead atoms. The summed E-state index contributed by atoms with van der Waals surface area (Å²) < 4.78 is 28.1. The minimum Gasteiger partial charge on any atom is -0.495 e. The number of rotatable bonds is 9. The van der Waals surface area contributed by atoms with E-state index in [4.69, 9.17) is 20.9 Å². The first-order valence-electron chi connectivity index (χ1n) is 11.2. The number of Topliss-reactive ketones (excluding diaryl/α,β-unsaturated/α-hetero) is 1. The Morgan fingerprint density at radius 1 is 1.14 bits per heavy atom. The van der Waals surface area contributed by atoms with Crippen LogP contribution in [0, 0.1) is 12.7 Å². The van der Waals surface area contributed by atoms with E-state index < -0.39 is 11.6 Å². The van der Waals surface area contributed by atoms with Crippen molar-refractivity contribution in [3.05, 3.63) is 89.5 Å². The molecule has 0 spiro atoms. The van der Waals surface area contributed by atoms with Crippen LogP contribution in [0.25, 0.3) is 10.9 Å². The van der Waals surface area contributed by atoms with Crippen molar-refractivity contribution >= 4 is 45.8 Å². The number of aromatic nitrogens is 1. The van der Waals surface area contributed by atoms with Gasteiger partial charge >= 0.3 is 0 Å². The first kappa shape index (κ1) is 25.6. The first-order valence-corrected chi connectivity index (χ1v) is 12.4. The molecule has 8 nitrogen and oxygen atoms in total. The maximum absolute atomic E-state index is 13.9. The number of H-pyrrole nitrogens is 1. The number of amidine groups is 1. The number of hydrogen-bond donors (Lipinski definition) is 4. The van der Waals surface area contributed by atoms with E-state index in [1.165, 1.54) is 18.0 Å². The zero-order valence-electron chi connectivity index (χ0n) is 20.5. The molecule has 3 aromatic carbocycles. The second-order valence-electron chi connectivity index (χ2n) is 8.02. The number of aromatic amines is 1. The minimum atomic E-state index is -0.463. The quantitative estimate of drug-likeness (QED) is 0.0721. The largest absolute Gasteiger partial charge is 0.495 e. The molecule has 0 aliphatic carbocycles. The lowest BCUT2D eigenvalue weighted by Crippen LogP contribution is -2.22. The number of anilines is 1. The lowest BCUT2D eigenvalue weighted by molar-refractivity contribution is 0.103. The van der Waals surface area contributed by atoms with Crippen molar-refractivity contribution in [2.24, 2.45) is 16.5 Å². The molecule has 10 heteroatoms. The Kier molecular flexibility index (Phi) is 7.69. The summed E-state index contributed by atoms with van der Waals surface area (Å²) in [7, 11) is 1.58. The number of carbonyl (C=O) groups excluding carboxylic acids is 1. The van der Waals surface area contributed by atoms with Crippen LogP contribution in [-0.4, -0.2) is 30.0 Å². The van der Waals surface area contributed by atoms with Gasteiger partial charge in [0, 0.05) is 23.4 Å². The zero-order chi connectivity index (χ0) is 26.5. The van der Waals surface area contributed by atoms with E-state index in [-0.39, 0.29) is 17.2 Å². The van der Waals surface area contributed by atoms with Crippen LogP contribution in [0.1, 0.15) is 16.1 Å². The summed E-state index contributed by atoms with van der Waals surface area (Å²) in [6.45, 7) is 1.80. The molecule has 0 saturated carbocycles. The fraction of sp³-hybridized carbons (Fsp3) is 0.111. The zero-order valence-corrected chi connectivity index (χ0v) is 21.3. The van der Waals surface area contributed by atoms with E-state index in [0.29, 0.717) is 28.4 Å². The van der Waals surface area contributed by atoms with Crippen LogP contribution in [0.2, 0.25) is 0 Å². The molecule has 6 N–H and O–H groups in total. The molecule has 0 fully saturated rings. The highest BCUT2D eigenvalue weighted by molar-refractivity contribution is 7.99. The van der Waals surface area contributed by atoms with Crippen molar-refractivity contribution in [3.63, 3.8) is 0 Å². The third kappa shape index (κ3) is 5.54. The van der Waals surface area contributed by atoms with Gasteiger partial charge in [-0.05, 0) is 61.0 Å². The van der Waals surface area contributed by atoms with Crippen molar-refractivity contribution in [2.75, 3.05) is 18.1 Å². The number of nitrogens with one attached hydrogen (secondary N) is 2. The van der Waals surface area contributed by atoms with Crippen LogP contribution in [0.5, 0.6) is 17.2 Å². The number of ketones is 1. The third-order valence-corrected chi connectivity index (χ3v) is 5.98. The van der Waals surface area contributed by atoms with Gasteiger partial charge in [-0.2, -0.15) is 0 Å². The summed E-state index contributed by atoms with van der Waals surface area (Å²) >= 11 is 1.43. The van der Waals surface area contributed by atoms with E-state index in [9.17, 15) is 9.18 Å². The molecule has 0 unspecified atom stereocenters. The number of nitrogens with two attached hydrogens (primary N) is 2. The molecule has 0 saturated heterocycles. The van der Waals surface area contributed by atoms with E-state index in [0.717, 1.165) is 22.8 Å². The molecule has 37 heavy (non-hydrogen) atoms. The van der Waals surface area contributed by atoms with Crippen LogP contribution in [0.15, 0.2) is 77.4 Å². The van der Waals surface area contributed by atoms with Gasteiger partial charge in [0.15, 0.2) is 11.6 Å². The average molecular weight is 520 g/mol. The fourth-order valence-corrected chi connectivity index (χ4v) is 4.10. The number of carbonyl (C=O) groups is 1. The third-order valence-electron chi connectivity index (χ3n) is 5.56. The van der Waals surface area contributed by atoms with E-state index in [1.54, 1.807) is 56.5 Å². The number of aliphatic imine (C=N–C) groups is 1. The minimum absolute atomic E-state index is 0.0423. The molecule has 0 atom stereocenters. The molecular formula is C27H26FN5O3S. The van der Waals surface area contributed by atoms with Gasteiger partial charge in [-0.25, -0.2) is 9.38 Å². The number of methoxy groups -OCH3 is 1. The molecule has 4 rings (SSSR count). The van der Waals surface area contributed by atoms with Gasteiger partial charge in [-0.1, -0.05) is 24.1 Å². The van der Waals surface area contributed by atoms with Crippen molar-refractivity contribution in [2.45, 2.75) is 6.92 Å². The Bertz CT molecular complexity index is 1530. The summed E-state index contributed by atoms with van der Waals surface area (Å²) in [5, 5.41) is 0.792. The fourth-order valence-electron chi connectivity index (χ4n) is 3.72. The molecular weight excluding hydrogens is 493 g/mol. The average Bonchev–Trinajstić information content (AvgIpc) is 3.30. The van der Waals surface area contributed by atoms with Gasteiger partial charge in [0.2, 0.25) is 5.78 Å². The van der Waals surface area contributed by atoms with Gasteiger partial charge in [0.05, 0.1) is 29.8 Å². The summed E-state index contributed by atoms with van der Waals surface area (Å²) in [6.07, 6.45) is 3.04. The van der Waals surface area contributed by atoms with Crippen LogP contribution >= 0.6 is 11.9 Å². The number of hydrogen-bond acceptors (Lipinski definition) is 7.